The zero-order chi connectivity index (χ0) is 14.7. The molecular formula is C17H25NO2. The largest absolute Gasteiger partial charge is 0.468 e. The van der Waals surface area contributed by atoms with Crippen molar-refractivity contribution in [3.8, 4) is 0 Å². The highest BCUT2D eigenvalue weighted by molar-refractivity contribution is 5.76. The molecule has 1 aliphatic carbocycles. The number of hydrogen-bond donors (Lipinski definition) is 1. The van der Waals surface area contributed by atoms with Gasteiger partial charge in [-0.3, -0.25) is 10.1 Å². The lowest BCUT2D eigenvalue weighted by molar-refractivity contribution is -0.144. The molecule has 1 N–H and O–H groups in total. The number of carbonyl (C=O) groups is 1. The molecule has 3 atom stereocenters. The van der Waals surface area contributed by atoms with Gasteiger partial charge in [0.15, 0.2) is 0 Å². The monoisotopic (exact) mass is 275 g/mol. The van der Waals surface area contributed by atoms with Crippen LogP contribution in [-0.2, 0) is 9.53 Å². The minimum Gasteiger partial charge on any atom is -0.468 e. The maximum Gasteiger partial charge on any atom is 0.323 e. The van der Waals surface area contributed by atoms with Crippen LogP contribution in [0.4, 0.5) is 0 Å². The number of methoxy groups -OCH3 is 1. The second-order valence-corrected chi connectivity index (χ2v) is 6.07. The highest BCUT2D eigenvalue weighted by atomic mass is 16.5. The molecule has 1 aliphatic rings. The zero-order valence-corrected chi connectivity index (χ0v) is 12.8. The number of benzene rings is 1. The summed E-state index contributed by atoms with van der Waals surface area (Å²) >= 11 is 0. The van der Waals surface area contributed by atoms with Gasteiger partial charge in [0, 0.05) is 6.04 Å². The molecule has 0 heterocycles. The number of esters is 1. The van der Waals surface area contributed by atoms with Crippen LogP contribution in [0.5, 0.6) is 0 Å². The predicted molar refractivity (Wildman–Crippen MR) is 80.6 cm³/mol. The van der Waals surface area contributed by atoms with Gasteiger partial charge in [-0.05, 0) is 35.8 Å². The van der Waals surface area contributed by atoms with E-state index in [1.54, 1.807) is 0 Å². The first-order valence-electron chi connectivity index (χ1n) is 7.47. The fourth-order valence-electron chi connectivity index (χ4n) is 3.05. The van der Waals surface area contributed by atoms with Crippen molar-refractivity contribution < 1.29 is 9.53 Å². The smallest absolute Gasteiger partial charge is 0.323 e. The topological polar surface area (TPSA) is 38.3 Å². The second kappa shape index (κ2) is 6.40. The molecule has 2 rings (SSSR count). The molecule has 0 amide bonds. The van der Waals surface area contributed by atoms with Gasteiger partial charge in [0.25, 0.3) is 0 Å². The summed E-state index contributed by atoms with van der Waals surface area (Å²) in [6.45, 7) is 6.37. The van der Waals surface area contributed by atoms with Crippen LogP contribution in [0, 0.1) is 5.92 Å². The van der Waals surface area contributed by atoms with Crippen molar-refractivity contribution in [3.05, 3.63) is 35.4 Å². The lowest BCUT2D eigenvalue weighted by Gasteiger charge is -2.33. The van der Waals surface area contributed by atoms with Crippen molar-refractivity contribution in [2.75, 3.05) is 7.11 Å². The highest BCUT2D eigenvalue weighted by Crippen LogP contribution is 2.37. The first kappa shape index (κ1) is 15.0. The van der Waals surface area contributed by atoms with Crippen molar-refractivity contribution in [2.24, 2.45) is 5.92 Å². The third-order valence-corrected chi connectivity index (χ3v) is 4.29. The van der Waals surface area contributed by atoms with E-state index in [-0.39, 0.29) is 24.0 Å². The van der Waals surface area contributed by atoms with Gasteiger partial charge in [-0.15, -0.1) is 0 Å². The van der Waals surface area contributed by atoms with Gasteiger partial charge < -0.3 is 4.74 Å². The lowest BCUT2D eigenvalue weighted by Crippen LogP contribution is -2.44. The molecule has 0 radical (unpaired) electrons. The molecule has 110 valence electrons. The van der Waals surface area contributed by atoms with E-state index in [9.17, 15) is 4.79 Å². The number of carbonyl (C=O) groups excluding carboxylic acids is 1. The molecule has 20 heavy (non-hydrogen) atoms. The Kier molecular flexibility index (Phi) is 4.81. The van der Waals surface area contributed by atoms with E-state index in [1.807, 2.05) is 13.8 Å². The molecule has 3 unspecified atom stereocenters. The second-order valence-electron chi connectivity index (χ2n) is 6.07. The lowest BCUT2D eigenvalue weighted by atomic mass is 9.80. The van der Waals surface area contributed by atoms with Crippen LogP contribution < -0.4 is 5.32 Å². The molecule has 1 aromatic rings. The molecule has 0 bridgehead atoms. The quantitative estimate of drug-likeness (QED) is 0.856. The Bertz CT molecular complexity index is 470. The molecule has 0 aromatic heterocycles. The molecule has 3 nitrogen and oxygen atoms in total. The van der Waals surface area contributed by atoms with Gasteiger partial charge in [-0.2, -0.15) is 0 Å². The Labute approximate surface area is 121 Å². The van der Waals surface area contributed by atoms with Crippen LogP contribution >= 0.6 is 0 Å². The van der Waals surface area contributed by atoms with Crippen LogP contribution in [0.25, 0.3) is 0 Å². The summed E-state index contributed by atoms with van der Waals surface area (Å²) in [7, 11) is 1.45. The van der Waals surface area contributed by atoms with Gasteiger partial charge in [0.05, 0.1) is 7.11 Å². The average Bonchev–Trinajstić information content (AvgIpc) is 2.46. The van der Waals surface area contributed by atoms with Crippen LogP contribution in [-0.4, -0.2) is 19.1 Å². The Hall–Kier alpha value is -1.35. The van der Waals surface area contributed by atoms with Gasteiger partial charge in [-0.25, -0.2) is 0 Å². The maximum atomic E-state index is 11.9. The number of hydrogen-bond acceptors (Lipinski definition) is 3. The molecule has 0 saturated heterocycles. The third-order valence-electron chi connectivity index (χ3n) is 4.29. The van der Waals surface area contributed by atoms with Crippen molar-refractivity contribution in [3.63, 3.8) is 0 Å². The first-order valence-corrected chi connectivity index (χ1v) is 7.47. The highest BCUT2D eigenvalue weighted by Gasteiger charge is 2.30. The van der Waals surface area contributed by atoms with E-state index in [1.165, 1.54) is 18.2 Å². The molecular weight excluding hydrogens is 250 g/mol. The molecule has 1 aromatic carbocycles. The Balaban J connectivity index is 2.21. The number of nitrogens with one attached hydrogen (secondary N) is 1. The Morgan fingerprint density at radius 1 is 1.25 bits per heavy atom. The van der Waals surface area contributed by atoms with Crippen LogP contribution in [0.2, 0.25) is 0 Å². The van der Waals surface area contributed by atoms with Crippen LogP contribution in [0.3, 0.4) is 0 Å². The van der Waals surface area contributed by atoms with Crippen LogP contribution in [0.15, 0.2) is 24.3 Å². The summed E-state index contributed by atoms with van der Waals surface area (Å²) in [5, 5.41) is 3.51. The molecule has 0 aliphatic heterocycles. The number of fused-ring (bicyclic) bond motifs is 1. The summed E-state index contributed by atoms with van der Waals surface area (Å²) in [6, 6.07) is 8.56. The van der Waals surface area contributed by atoms with E-state index in [0.717, 1.165) is 12.8 Å². The van der Waals surface area contributed by atoms with E-state index in [4.69, 9.17) is 4.74 Å². The van der Waals surface area contributed by atoms with Crippen LogP contribution in [0.1, 0.15) is 56.7 Å². The normalized spacial score (nSPS) is 23.2. The minimum atomic E-state index is -0.244. The van der Waals surface area contributed by atoms with Gasteiger partial charge in [-0.1, -0.05) is 45.0 Å². The summed E-state index contributed by atoms with van der Waals surface area (Å²) < 4.78 is 4.92. The Morgan fingerprint density at radius 3 is 2.50 bits per heavy atom. The predicted octanol–water partition coefficient (Wildman–Crippen LogP) is 3.41. The fraction of sp³-hybridized carbons (Fsp3) is 0.588. The van der Waals surface area contributed by atoms with E-state index in [0.29, 0.717) is 5.92 Å². The van der Waals surface area contributed by atoms with E-state index < -0.39 is 0 Å². The van der Waals surface area contributed by atoms with Crippen molar-refractivity contribution in [1.82, 2.24) is 5.32 Å². The SMILES string of the molecule is COC(=O)C(NC1CCC(C)c2ccccc21)C(C)C. The summed E-state index contributed by atoms with van der Waals surface area (Å²) in [5.74, 6) is 0.643. The molecule has 0 saturated carbocycles. The summed E-state index contributed by atoms with van der Waals surface area (Å²) in [4.78, 5) is 11.9. The van der Waals surface area contributed by atoms with E-state index in [2.05, 4.69) is 36.5 Å². The van der Waals surface area contributed by atoms with Gasteiger partial charge >= 0.3 is 5.97 Å². The Morgan fingerprint density at radius 2 is 1.90 bits per heavy atom. The fourth-order valence-corrected chi connectivity index (χ4v) is 3.05. The first-order chi connectivity index (χ1) is 9.54. The van der Waals surface area contributed by atoms with Gasteiger partial charge in [0.2, 0.25) is 0 Å². The minimum absolute atomic E-state index is 0.170. The van der Waals surface area contributed by atoms with Gasteiger partial charge in [0.1, 0.15) is 6.04 Å². The molecule has 3 heteroatoms. The van der Waals surface area contributed by atoms with Crippen molar-refractivity contribution in [2.45, 2.75) is 51.6 Å². The zero-order valence-electron chi connectivity index (χ0n) is 12.8. The summed E-state index contributed by atoms with van der Waals surface area (Å²) in [6.07, 6.45) is 2.22. The number of ether oxygens (including phenoxy) is 1. The van der Waals surface area contributed by atoms with Crippen molar-refractivity contribution >= 4 is 5.97 Å². The standard InChI is InChI=1S/C17H25NO2/c1-11(2)16(17(19)20-4)18-15-10-9-12(3)13-7-5-6-8-14(13)15/h5-8,11-12,15-16,18H,9-10H2,1-4H3. The number of rotatable bonds is 4. The third kappa shape index (κ3) is 3.04. The molecule has 0 spiro atoms. The van der Waals surface area contributed by atoms with E-state index >= 15 is 0 Å². The van der Waals surface area contributed by atoms with Crippen molar-refractivity contribution in [1.29, 1.82) is 0 Å². The average molecular weight is 275 g/mol. The molecule has 0 fully saturated rings. The summed E-state index contributed by atoms with van der Waals surface area (Å²) in [5.41, 5.74) is 2.74. The maximum absolute atomic E-state index is 11.9.